The van der Waals surface area contributed by atoms with Crippen LogP contribution in [-0.4, -0.2) is 28.4 Å². The molecule has 1 atom stereocenters. The van der Waals surface area contributed by atoms with Gasteiger partial charge in [-0.05, 0) is 57.5 Å². The summed E-state index contributed by atoms with van der Waals surface area (Å²) >= 11 is 1.26. The van der Waals surface area contributed by atoms with Crippen LogP contribution in [-0.2, 0) is 4.79 Å². The van der Waals surface area contributed by atoms with Gasteiger partial charge in [-0.15, -0.1) is 11.3 Å². The van der Waals surface area contributed by atoms with E-state index in [-0.39, 0.29) is 11.4 Å². The van der Waals surface area contributed by atoms with Crippen molar-refractivity contribution in [1.82, 2.24) is 4.98 Å². The summed E-state index contributed by atoms with van der Waals surface area (Å²) in [6.45, 7) is 7.98. The molecule has 2 heterocycles. The lowest BCUT2D eigenvalue weighted by Crippen LogP contribution is -2.31. The summed E-state index contributed by atoms with van der Waals surface area (Å²) in [6, 6.07) is 13.9. The van der Waals surface area contributed by atoms with Crippen molar-refractivity contribution in [2.75, 3.05) is 11.5 Å². The first-order valence-corrected chi connectivity index (χ1v) is 11.2. The summed E-state index contributed by atoms with van der Waals surface area (Å²) in [7, 11) is 0. The van der Waals surface area contributed by atoms with E-state index in [4.69, 9.17) is 4.74 Å². The van der Waals surface area contributed by atoms with E-state index in [1.54, 1.807) is 19.1 Å². The van der Waals surface area contributed by atoms with Crippen molar-refractivity contribution in [2.24, 2.45) is 0 Å². The van der Waals surface area contributed by atoms with Crippen LogP contribution in [0.2, 0.25) is 0 Å². The second-order valence-electron chi connectivity index (χ2n) is 7.65. The molecule has 1 N–H and O–H groups in total. The smallest absolute Gasteiger partial charge is 0.294 e. The van der Waals surface area contributed by atoms with E-state index in [0.29, 0.717) is 34.2 Å². The summed E-state index contributed by atoms with van der Waals surface area (Å²) in [6.07, 6.45) is 0. The molecule has 1 aliphatic heterocycles. The zero-order valence-electron chi connectivity index (χ0n) is 18.4. The van der Waals surface area contributed by atoms with Gasteiger partial charge in [0.1, 0.15) is 5.75 Å². The highest BCUT2D eigenvalue weighted by atomic mass is 32.1. The third-order valence-corrected chi connectivity index (χ3v) is 6.45. The first-order chi connectivity index (χ1) is 15.3. The van der Waals surface area contributed by atoms with Crippen molar-refractivity contribution in [3.8, 4) is 5.75 Å². The second kappa shape index (κ2) is 8.59. The number of ketones is 1. The van der Waals surface area contributed by atoms with Gasteiger partial charge in [-0.1, -0.05) is 29.8 Å². The molecule has 0 saturated heterocycles. The summed E-state index contributed by atoms with van der Waals surface area (Å²) < 4.78 is 5.54. The number of Topliss-reactive ketones (excluding diaryl/α,β-unsaturated/α-hetero) is 1. The number of aromatic nitrogens is 1. The molecule has 6 nitrogen and oxygen atoms in total. The van der Waals surface area contributed by atoms with E-state index < -0.39 is 17.7 Å². The number of carbonyl (C=O) groups excluding carboxylic acids is 2. The van der Waals surface area contributed by atoms with E-state index in [9.17, 15) is 14.7 Å². The largest absolute Gasteiger partial charge is 0.503 e. The van der Waals surface area contributed by atoms with E-state index in [2.05, 4.69) is 4.98 Å². The molecule has 2 aromatic carbocycles. The molecule has 0 spiro atoms. The molecular formula is C25H24N2O4S. The van der Waals surface area contributed by atoms with Crippen LogP contribution in [0.15, 0.2) is 59.9 Å². The van der Waals surface area contributed by atoms with Crippen LogP contribution in [0.3, 0.4) is 0 Å². The zero-order valence-corrected chi connectivity index (χ0v) is 19.2. The molecule has 7 heteroatoms. The summed E-state index contributed by atoms with van der Waals surface area (Å²) in [5.74, 6) is -0.820. The first kappa shape index (κ1) is 21.8. The summed E-state index contributed by atoms with van der Waals surface area (Å²) in [5.41, 5.74) is 3.00. The van der Waals surface area contributed by atoms with Crippen LogP contribution in [0.4, 0.5) is 5.69 Å². The maximum absolute atomic E-state index is 13.6. The molecule has 1 aliphatic rings. The van der Waals surface area contributed by atoms with Crippen LogP contribution >= 0.6 is 11.3 Å². The van der Waals surface area contributed by atoms with Crippen LogP contribution < -0.4 is 9.64 Å². The van der Waals surface area contributed by atoms with Crippen LogP contribution in [0.1, 0.15) is 44.5 Å². The van der Waals surface area contributed by atoms with Gasteiger partial charge >= 0.3 is 0 Å². The molecule has 0 aliphatic carbocycles. The fraction of sp³-hybridized carbons (Fsp3) is 0.240. The number of amides is 1. The predicted molar refractivity (Wildman–Crippen MR) is 125 cm³/mol. The minimum atomic E-state index is -0.768. The Morgan fingerprint density at radius 3 is 2.31 bits per heavy atom. The van der Waals surface area contributed by atoms with Crippen molar-refractivity contribution in [2.45, 2.75) is 33.7 Å². The lowest BCUT2D eigenvalue weighted by molar-refractivity contribution is -0.117. The highest BCUT2D eigenvalue weighted by Crippen LogP contribution is 2.43. The SMILES string of the molecule is CCOc1ccc(C2C(C(=O)c3sc(C)nc3C)=C(O)C(=O)N2c2ccc(C)cc2)cc1. The Bertz CT molecular complexity index is 1210. The molecular weight excluding hydrogens is 424 g/mol. The Morgan fingerprint density at radius 2 is 1.75 bits per heavy atom. The van der Waals surface area contributed by atoms with Gasteiger partial charge in [0.15, 0.2) is 5.76 Å². The normalized spacial score (nSPS) is 16.1. The Kier molecular flexibility index (Phi) is 5.84. The van der Waals surface area contributed by atoms with Crippen molar-refractivity contribution < 1.29 is 19.4 Å². The Labute approximate surface area is 190 Å². The number of ether oxygens (including phenoxy) is 1. The number of nitrogens with zero attached hydrogens (tertiary/aromatic N) is 2. The average Bonchev–Trinajstić information content (AvgIpc) is 3.25. The van der Waals surface area contributed by atoms with Crippen molar-refractivity contribution in [1.29, 1.82) is 0 Å². The number of hydrogen-bond acceptors (Lipinski definition) is 6. The Hall–Kier alpha value is -3.45. The van der Waals surface area contributed by atoms with Gasteiger partial charge < -0.3 is 9.84 Å². The Balaban J connectivity index is 1.85. The number of anilines is 1. The Morgan fingerprint density at radius 1 is 1.09 bits per heavy atom. The number of rotatable bonds is 6. The van der Waals surface area contributed by atoms with Gasteiger partial charge in [0, 0.05) is 5.69 Å². The third kappa shape index (κ3) is 3.80. The summed E-state index contributed by atoms with van der Waals surface area (Å²) in [4.78, 5) is 33.0. The fourth-order valence-electron chi connectivity index (χ4n) is 3.90. The lowest BCUT2D eigenvalue weighted by Gasteiger charge is -2.27. The van der Waals surface area contributed by atoms with Crippen LogP contribution in [0, 0.1) is 20.8 Å². The molecule has 0 saturated carbocycles. The standard InChI is InChI=1S/C25H24N2O4S/c1-5-31-19-12-8-17(9-13-19)21-20(22(28)24-15(3)26-16(4)32-24)23(29)25(30)27(21)18-10-6-14(2)7-11-18/h6-13,21,29H,5H2,1-4H3. The van der Waals surface area contributed by atoms with Crippen molar-refractivity contribution in [3.05, 3.63) is 86.6 Å². The van der Waals surface area contributed by atoms with E-state index in [1.807, 2.05) is 57.2 Å². The number of aliphatic hydroxyl groups is 1. The topological polar surface area (TPSA) is 79.7 Å². The van der Waals surface area contributed by atoms with Crippen LogP contribution in [0.25, 0.3) is 0 Å². The highest BCUT2D eigenvalue weighted by Gasteiger charge is 2.45. The van der Waals surface area contributed by atoms with E-state index in [1.165, 1.54) is 16.2 Å². The van der Waals surface area contributed by atoms with Crippen molar-refractivity contribution in [3.63, 3.8) is 0 Å². The monoisotopic (exact) mass is 448 g/mol. The molecule has 164 valence electrons. The number of carbonyl (C=O) groups is 2. The van der Waals surface area contributed by atoms with Gasteiger partial charge in [-0.2, -0.15) is 0 Å². The number of benzene rings is 2. The number of aliphatic hydroxyl groups excluding tert-OH is 1. The van der Waals surface area contributed by atoms with Gasteiger partial charge in [0.05, 0.1) is 33.8 Å². The van der Waals surface area contributed by atoms with Crippen molar-refractivity contribution >= 4 is 28.7 Å². The molecule has 32 heavy (non-hydrogen) atoms. The molecule has 3 aromatic rings. The number of aryl methyl sites for hydroxylation is 3. The van der Waals surface area contributed by atoms with Crippen LogP contribution in [0.5, 0.6) is 5.75 Å². The van der Waals surface area contributed by atoms with Gasteiger partial charge in [-0.3, -0.25) is 14.5 Å². The number of hydrogen-bond donors (Lipinski definition) is 1. The maximum Gasteiger partial charge on any atom is 0.294 e. The van der Waals surface area contributed by atoms with E-state index in [0.717, 1.165) is 10.6 Å². The van der Waals surface area contributed by atoms with Gasteiger partial charge in [-0.25, -0.2) is 4.98 Å². The predicted octanol–water partition coefficient (Wildman–Crippen LogP) is 5.25. The molecule has 0 bridgehead atoms. The highest BCUT2D eigenvalue weighted by molar-refractivity contribution is 7.14. The second-order valence-corrected chi connectivity index (χ2v) is 8.86. The maximum atomic E-state index is 13.6. The van der Waals surface area contributed by atoms with Gasteiger partial charge in [0.25, 0.3) is 5.91 Å². The minimum absolute atomic E-state index is 0.0616. The molecule has 1 unspecified atom stereocenters. The fourth-order valence-corrected chi connectivity index (χ4v) is 4.78. The lowest BCUT2D eigenvalue weighted by atomic mass is 9.94. The quantitative estimate of drug-likeness (QED) is 0.521. The molecule has 0 fully saturated rings. The molecule has 4 rings (SSSR count). The molecule has 1 aromatic heterocycles. The molecule has 0 radical (unpaired) electrons. The minimum Gasteiger partial charge on any atom is -0.503 e. The summed E-state index contributed by atoms with van der Waals surface area (Å²) in [5, 5.41) is 11.6. The van der Waals surface area contributed by atoms with E-state index >= 15 is 0 Å². The third-order valence-electron chi connectivity index (χ3n) is 5.38. The zero-order chi connectivity index (χ0) is 23.0. The first-order valence-electron chi connectivity index (χ1n) is 10.4. The molecule has 1 amide bonds. The average molecular weight is 449 g/mol. The van der Waals surface area contributed by atoms with Gasteiger partial charge in [0.2, 0.25) is 5.78 Å². The number of thiazole rings is 1.